The monoisotopic (exact) mass is 373 g/mol. The standard InChI is InChI=1S/C19H23N3O3S/c1-24-16-7-3-4-8-17(16)25-14-18(23)21-20-13-15-9-10-19(26-15)22-11-5-2-6-12-22/h3-4,7-10,13H,2,5-6,11-12,14H2,1H3,(H,21,23)/b20-13-. The average molecular weight is 373 g/mol. The molecule has 0 spiro atoms. The Morgan fingerprint density at radius 2 is 1.96 bits per heavy atom. The van der Waals surface area contributed by atoms with Crippen molar-refractivity contribution >= 4 is 28.5 Å². The average Bonchev–Trinajstić information content (AvgIpc) is 3.16. The van der Waals surface area contributed by atoms with E-state index in [0.717, 1.165) is 18.0 Å². The number of hydrazone groups is 1. The van der Waals surface area contributed by atoms with Gasteiger partial charge in [-0.3, -0.25) is 4.79 Å². The maximum Gasteiger partial charge on any atom is 0.277 e. The molecule has 0 radical (unpaired) electrons. The van der Waals surface area contributed by atoms with Crippen molar-refractivity contribution in [2.24, 2.45) is 5.10 Å². The smallest absolute Gasteiger partial charge is 0.277 e. The second-order valence-corrected chi connectivity index (χ2v) is 7.05. The largest absolute Gasteiger partial charge is 0.493 e. The molecule has 0 unspecified atom stereocenters. The summed E-state index contributed by atoms with van der Waals surface area (Å²) in [5.41, 5.74) is 2.49. The Hall–Kier alpha value is -2.54. The van der Waals surface area contributed by atoms with Crippen LogP contribution in [0.25, 0.3) is 0 Å². The molecule has 6 nitrogen and oxygen atoms in total. The number of carbonyl (C=O) groups excluding carboxylic acids is 1. The van der Waals surface area contributed by atoms with E-state index >= 15 is 0 Å². The second-order valence-electron chi connectivity index (χ2n) is 5.96. The predicted octanol–water partition coefficient (Wildman–Crippen LogP) is 3.28. The highest BCUT2D eigenvalue weighted by Gasteiger charge is 2.12. The number of benzene rings is 1. The molecular weight excluding hydrogens is 350 g/mol. The number of amides is 1. The van der Waals surface area contributed by atoms with Crippen molar-refractivity contribution in [1.29, 1.82) is 0 Å². The van der Waals surface area contributed by atoms with Crippen LogP contribution in [0.1, 0.15) is 24.1 Å². The van der Waals surface area contributed by atoms with E-state index in [0.29, 0.717) is 11.5 Å². The van der Waals surface area contributed by atoms with Crippen LogP contribution in [0.3, 0.4) is 0 Å². The molecule has 26 heavy (non-hydrogen) atoms. The highest BCUT2D eigenvalue weighted by Crippen LogP contribution is 2.27. The van der Waals surface area contributed by atoms with Crippen LogP contribution in [0, 0.1) is 0 Å². The van der Waals surface area contributed by atoms with Crippen LogP contribution in [0.5, 0.6) is 11.5 Å². The Balaban J connectivity index is 1.46. The number of anilines is 1. The summed E-state index contributed by atoms with van der Waals surface area (Å²) in [7, 11) is 1.56. The van der Waals surface area contributed by atoms with Gasteiger partial charge in [-0.15, -0.1) is 11.3 Å². The number of carbonyl (C=O) groups is 1. The number of rotatable bonds is 7. The molecule has 0 atom stereocenters. The molecule has 1 aromatic heterocycles. The van der Waals surface area contributed by atoms with Crippen molar-refractivity contribution in [2.75, 3.05) is 31.7 Å². The molecule has 1 aliphatic heterocycles. The van der Waals surface area contributed by atoms with E-state index in [1.54, 1.807) is 36.8 Å². The van der Waals surface area contributed by atoms with Gasteiger partial charge in [0, 0.05) is 18.0 Å². The Morgan fingerprint density at radius 3 is 2.73 bits per heavy atom. The lowest BCUT2D eigenvalue weighted by molar-refractivity contribution is -0.123. The Bertz CT molecular complexity index is 754. The highest BCUT2D eigenvalue weighted by atomic mass is 32.1. The van der Waals surface area contributed by atoms with Crippen molar-refractivity contribution in [3.8, 4) is 11.5 Å². The van der Waals surface area contributed by atoms with Crippen molar-refractivity contribution in [1.82, 2.24) is 5.43 Å². The number of ether oxygens (including phenoxy) is 2. The Labute approximate surface area is 157 Å². The van der Waals surface area contributed by atoms with E-state index in [1.165, 1.54) is 24.3 Å². The minimum atomic E-state index is -0.319. The summed E-state index contributed by atoms with van der Waals surface area (Å²) in [5.74, 6) is 0.797. The van der Waals surface area contributed by atoms with Crippen LogP contribution in [-0.4, -0.2) is 38.9 Å². The molecule has 1 N–H and O–H groups in total. The lowest BCUT2D eigenvalue weighted by atomic mass is 10.1. The molecule has 0 saturated carbocycles. The summed E-state index contributed by atoms with van der Waals surface area (Å²) < 4.78 is 10.6. The Morgan fingerprint density at radius 1 is 1.19 bits per heavy atom. The summed E-state index contributed by atoms with van der Waals surface area (Å²) in [5, 5.41) is 5.27. The fraction of sp³-hybridized carbons (Fsp3) is 0.368. The van der Waals surface area contributed by atoms with E-state index in [9.17, 15) is 4.79 Å². The van der Waals surface area contributed by atoms with Gasteiger partial charge in [-0.25, -0.2) is 5.43 Å². The van der Waals surface area contributed by atoms with Crippen molar-refractivity contribution < 1.29 is 14.3 Å². The molecule has 1 aromatic carbocycles. The minimum Gasteiger partial charge on any atom is -0.493 e. The quantitative estimate of drug-likeness (QED) is 0.598. The number of thiophene rings is 1. The first-order valence-corrected chi connectivity index (χ1v) is 9.50. The molecule has 2 heterocycles. The third-order valence-corrected chi connectivity index (χ3v) is 5.17. The molecule has 1 fully saturated rings. The van der Waals surface area contributed by atoms with Crippen LogP contribution in [0.2, 0.25) is 0 Å². The second kappa shape index (κ2) is 9.24. The number of para-hydroxylation sites is 2. The van der Waals surface area contributed by atoms with E-state index in [-0.39, 0.29) is 12.5 Å². The van der Waals surface area contributed by atoms with E-state index in [1.807, 2.05) is 18.2 Å². The van der Waals surface area contributed by atoms with Gasteiger partial charge in [0.2, 0.25) is 0 Å². The first-order valence-electron chi connectivity index (χ1n) is 8.69. The third kappa shape index (κ3) is 4.98. The van der Waals surface area contributed by atoms with Gasteiger partial charge in [-0.2, -0.15) is 5.10 Å². The van der Waals surface area contributed by atoms with Crippen molar-refractivity contribution in [2.45, 2.75) is 19.3 Å². The SMILES string of the molecule is COc1ccccc1OCC(=O)N/N=C\c1ccc(N2CCCCC2)s1. The first-order chi connectivity index (χ1) is 12.8. The van der Waals surface area contributed by atoms with Crippen LogP contribution in [0.4, 0.5) is 5.00 Å². The minimum absolute atomic E-state index is 0.124. The fourth-order valence-electron chi connectivity index (χ4n) is 2.78. The Kier molecular flexibility index (Phi) is 6.49. The molecule has 0 bridgehead atoms. The summed E-state index contributed by atoms with van der Waals surface area (Å²) in [4.78, 5) is 15.3. The molecule has 1 saturated heterocycles. The lowest BCUT2D eigenvalue weighted by Crippen LogP contribution is -2.28. The van der Waals surface area contributed by atoms with Gasteiger partial charge in [-0.05, 0) is 43.5 Å². The van der Waals surface area contributed by atoms with Crippen molar-refractivity contribution in [3.05, 3.63) is 41.3 Å². The van der Waals surface area contributed by atoms with Crippen LogP contribution in [0.15, 0.2) is 41.5 Å². The maximum absolute atomic E-state index is 11.9. The van der Waals surface area contributed by atoms with Gasteiger partial charge in [0.05, 0.1) is 18.3 Å². The number of hydrogen-bond donors (Lipinski definition) is 1. The third-order valence-electron chi connectivity index (χ3n) is 4.09. The highest BCUT2D eigenvalue weighted by molar-refractivity contribution is 7.17. The number of piperidine rings is 1. The zero-order valence-corrected chi connectivity index (χ0v) is 15.6. The maximum atomic E-state index is 11.9. The van der Waals surface area contributed by atoms with E-state index in [4.69, 9.17) is 9.47 Å². The number of nitrogens with zero attached hydrogens (tertiary/aromatic N) is 2. The summed E-state index contributed by atoms with van der Waals surface area (Å²) in [6.07, 6.45) is 5.49. The molecule has 1 aliphatic rings. The zero-order chi connectivity index (χ0) is 18.2. The molecule has 2 aromatic rings. The first kappa shape index (κ1) is 18.3. The van der Waals surface area contributed by atoms with Gasteiger partial charge in [0.25, 0.3) is 5.91 Å². The summed E-state index contributed by atoms with van der Waals surface area (Å²) >= 11 is 1.68. The van der Waals surface area contributed by atoms with E-state index < -0.39 is 0 Å². The van der Waals surface area contributed by atoms with E-state index in [2.05, 4.69) is 21.5 Å². The molecular formula is C19H23N3O3S. The molecule has 138 valence electrons. The summed E-state index contributed by atoms with van der Waals surface area (Å²) in [6, 6.07) is 11.3. The van der Waals surface area contributed by atoms with Crippen LogP contribution < -0.4 is 19.8 Å². The zero-order valence-electron chi connectivity index (χ0n) is 14.8. The summed E-state index contributed by atoms with van der Waals surface area (Å²) in [6.45, 7) is 2.11. The number of methoxy groups -OCH3 is 1. The van der Waals surface area contributed by atoms with Gasteiger partial charge >= 0.3 is 0 Å². The van der Waals surface area contributed by atoms with Gasteiger partial charge in [0.1, 0.15) is 0 Å². The fourth-order valence-corrected chi connectivity index (χ4v) is 3.71. The van der Waals surface area contributed by atoms with Gasteiger partial charge < -0.3 is 14.4 Å². The van der Waals surface area contributed by atoms with Crippen molar-refractivity contribution in [3.63, 3.8) is 0 Å². The molecule has 1 amide bonds. The molecule has 0 aliphatic carbocycles. The molecule has 7 heteroatoms. The topological polar surface area (TPSA) is 63.2 Å². The number of hydrogen-bond acceptors (Lipinski definition) is 6. The molecule has 3 rings (SSSR count). The predicted molar refractivity (Wildman–Crippen MR) is 105 cm³/mol. The van der Waals surface area contributed by atoms with Gasteiger partial charge in [-0.1, -0.05) is 12.1 Å². The van der Waals surface area contributed by atoms with Crippen LogP contribution in [-0.2, 0) is 4.79 Å². The number of nitrogens with one attached hydrogen (secondary N) is 1. The lowest BCUT2D eigenvalue weighted by Gasteiger charge is -2.27. The van der Waals surface area contributed by atoms with Gasteiger partial charge in [0.15, 0.2) is 18.1 Å². The van der Waals surface area contributed by atoms with Crippen LogP contribution >= 0.6 is 11.3 Å². The normalized spacial score (nSPS) is 14.4.